The van der Waals surface area contributed by atoms with Crippen molar-refractivity contribution >= 4 is 34.1 Å². The summed E-state index contributed by atoms with van der Waals surface area (Å²) >= 11 is 0. The average molecular weight is 893 g/mol. The lowest BCUT2D eigenvalue weighted by Gasteiger charge is -2.34. The number of hydrogen-bond donors (Lipinski definition) is 0. The number of fused-ring (bicyclic) bond motifs is 5. The van der Waals surface area contributed by atoms with Gasteiger partial charge in [0.05, 0.1) is 5.41 Å². The first-order valence-electron chi connectivity index (χ1n) is 22.1. The molecule has 0 fully saturated rings. The molecule has 0 spiro atoms. The Morgan fingerprint density at radius 1 is 0.362 bits per heavy atom. The molecule has 0 saturated heterocycles. The summed E-state index contributed by atoms with van der Waals surface area (Å²) in [7, 11) is 0. The first kappa shape index (κ1) is 41.9. The average Bonchev–Trinajstić information content (AvgIpc) is 3.70. The molecule has 0 saturated carbocycles. The Morgan fingerprint density at radius 2 is 0.710 bits per heavy atom. The van der Waals surface area contributed by atoms with Crippen LogP contribution >= 0.6 is 0 Å². The van der Waals surface area contributed by atoms with E-state index in [1.807, 2.05) is 36.4 Å². The zero-order chi connectivity index (χ0) is 46.9. The van der Waals surface area contributed by atoms with Gasteiger partial charge in [-0.1, -0.05) is 97.1 Å². The quantitative estimate of drug-likeness (QED) is 0.111. The maximum Gasteiger partial charge on any atom is 0.150 e. The van der Waals surface area contributed by atoms with E-state index in [-0.39, 0.29) is 11.1 Å². The van der Waals surface area contributed by atoms with Crippen LogP contribution in [0.1, 0.15) is 54.1 Å². The van der Waals surface area contributed by atoms with Crippen molar-refractivity contribution in [3.05, 3.63) is 251 Å². The fourth-order valence-electron chi connectivity index (χ4n) is 9.38. The Hall–Kier alpha value is -9.76. The molecule has 0 aromatic heterocycles. The van der Waals surface area contributed by atoms with Crippen LogP contribution in [0, 0.1) is 22.7 Å². The van der Waals surface area contributed by atoms with Crippen molar-refractivity contribution in [1.82, 2.24) is 0 Å². The van der Waals surface area contributed by atoms with Crippen molar-refractivity contribution in [2.24, 2.45) is 0 Å². The van der Waals surface area contributed by atoms with E-state index in [9.17, 15) is 20.1 Å². The van der Waals surface area contributed by atoms with Crippen LogP contribution in [0.4, 0.5) is 0 Å². The van der Waals surface area contributed by atoms with Crippen LogP contribution < -0.4 is 18.9 Å². The minimum absolute atomic E-state index is 0.247. The first-order valence-corrected chi connectivity index (χ1v) is 22.1. The number of hydrogen-bond acceptors (Lipinski definition) is 8. The molecular formula is C61H36N2O6. The van der Waals surface area contributed by atoms with Crippen molar-refractivity contribution in [1.29, 1.82) is 10.5 Å². The van der Waals surface area contributed by atoms with Gasteiger partial charge in [-0.2, -0.15) is 10.5 Å². The molecule has 10 aromatic carbocycles. The molecular weight excluding hydrogens is 857 g/mol. The second kappa shape index (κ2) is 17.6. The summed E-state index contributed by atoms with van der Waals surface area (Å²) in [6, 6.07) is 70.6. The Labute approximate surface area is 397 Å². The highest BCUT2D eigenvalue weighted by molar-refractivity contribution is 5.92. The van der Waals surface area contributed by atoms with Crippen LogP contribution in [-0.2, 0) is 5.41 Å². The van der Waals surface area contributed by atoms with Crippen molar-refractivity contribution in [3.63, 3.8) is 0 Å². The van der Waals surface area contributed by atoms with E-state index in [4.69, 9.17) is 18.9 Å². The molecule has 8 nitrogen and oxygen atoms in total. The Balaban J connectivity index is 0.937. The lowest BCUT2D eigenvalue weighted by molar-refractivity contribution is 0.111. The molecule has 0 amide bonds. The summed E-state index contributed by atoms with van der Waals surface area (Å²) in [5.41, 5.74) is 7.79. The highest BCUT2D eigenvalue weighted by Crippen LogP contribution is 2.56. The molecule has 1 aliphatic carbocycles. The maximum atomic E-state index is 11.1. The van der Waals surface area contributed by atoms with Crippen LogP contribution in [0.2, 0.25) is 0 Å². The fourth-order valence-corrected chi connectivity index (χ4v) is 9.38. The van der Waals surface area contributed by atoms with Crippen molar-refractivity contribution in [3.8, 4) is 69.3 Å². The minimum Gasteiger partial charge on any atom is -0.456 e. The largest absolute Gasteiger partial charge is 0.456 e. The van der Waals surface area contributed by atoms with Gasteiger partial charge in [-0.3, -0.25) is 9.59 Å². The van der Waals surface area contributed by atoms with Crippen LogP contribution in [0.25, 0.3) is 32.7 Å². The van der Waals surface area contributed by atoms with E-state index < -0.39 is 5.41 Å². The summed E-state index contributed by atoms with van der Waals surface area (Å²) in [5.74, 6) is 3.51. The van der Waals surface area contributed by atoms with E-state index >= 15 is 0 Å². The van der Waals surface area contributed by atoms with Gasteiger partial charge in [0, 0.05) is 11.1 Å². The number of aldehydes is 2. The second-order valence-corrected chi connectivity index (χ2v) is 16.6. The summed E-state index contributed by atoms with van der Waals surface area (Å²) in [4.78, 5) is 22.3. The molecule has 0 heterocycles. The van der Waals surface area contributed by atoms with E-state index in [2.05, 4.69) is 97.1 Å². The van der Waals surface area contributed by atoms with Gasteiger partial charge in [0.15, 0.2) is 0 Å². The molecule has 0 radical (unpaired) electrons. The SMILES string of the molecule is N#Cc1c(Oc2ccc(C=O)cc2)cccc1Oc1ccc2cc(C3(c4ccc5cc(Oc6cccc(Oc7ccc(C=O)cc7)c6C#N)ccc5c4)c4ccccc4-c4ccccc43)ccc2c1. The molecule has 0 N–H and O–H groups in total. The minimum atomic E-state index is -0.675. The van der Waals surface area contributed by atoms with E-state index in [1.54, 1.807) is 84.9 Å². The van der Waals surface area contributed by atoms with Crippen molar-refractivity contribution < 1.29 is 28.5 Å². The molecule has 326 valence electrons. The van der Waals surface area contributed by atoms with Gasteiger partial charge in [0.25, 0.3) is 0 Å². The highest BCUT2D eigenvalue weighted by Gasteiger charge is 2.46. The third-order valence-corrected chi connectivity index (χ3v) is 12.6. The predicted molar refractivity (Wildman–Crippen MR) is 265 cm³/mol. The van der Waals surface area contributed by atoms with Crippen LogP contribution in [0.3, 0.4) is 0 Å². The molecule has 11 rings (SSSR count). The van der Waals surface area contributed by atoms with Crippen molar-refractivity contribution in [2.75, 3.05) is 0 Å². The normalized spacial score (nSPS) is 12.0. The Bertz CT molecular complexity index is 3510. The Kier molecular flexibility index (Phi) is 10.7. The van der Waals surface area contributed by atoms with Gasteiger partial charge >= 0.3 is 0 Å². The van der Waals surface area contributed by atoms with Crippen LogP contribution in [0.5, 0.6) is 46.0 Å². The predicted octanol–water partition coefficient (Wildman–Crippen LogP) is 14.9. The lowest BCUT2D eigenvalue weighted by atomic mass is 9.67. The molecule has 0 atom stereocenters. The molecule has 0 aliphatic heterocycles. The van der Waals surface area contributed by atoms with E-state index in [1.165, 1.54) is 22.3 Å². The summed E-state index contributed by atoms with van der Waals surface area (Å²) in [6.45, 7) is 0. The zero-order valence-corrected chi connectivity index (χ0v) is 36.6. The molecule has 1 aliphatic rings. The van der Waals surface area contributed by atoms with Crippen LogP contribution in [-0.4, -0.2) is 12.6 Å². The summed E-state index contributed by atoms with van der Waals surface area (Å²) < 4.78 is 24.8. The summed E-state index contributed by atoms with van der Waals surface area (Å²) in [6.07, 6.45) is 1.53. The molecule has 69 heavy (non-hydrogen) atoms. The zero-order valence-electron chi connectivity index (χ0n) is 36.6. The van der Waals surface area contributed by atoms with Gasteiger partial charge in [-0.05, 0) is 164 Å². The van der Waals surface area contributed by atoms with Crippen molar-refractivity contribution in [2.45, 2.75) is 5.41 Å². The molecule has 0 bridgehead atoms. The number of rotatable bonds is 12. The number of nitriles is 2. The molecule has 10 aromatic rings. The number of carbonyl (C=O) groups excluding carboxylic acids is 2. The number of benzene rings is 10. The lowest BCUT2D eigenvalue weighted by Crippen LogP contribution is -2.28. The first-order chi connectivity index (χ1) is 33.9. The number of ether oxygens (including phenoxy) is 4. The van der Waals surface area contributed by atoms with Gasteiger partial charge in [0.1, 0.15) is 81.8 Å². The molecule has 8 heteroatoms. The van der Waals surface area contributed by atoms with Gasteiger partial charge < -0.3 is 18.9 Å². The smallest absolute Gasteiger partial charge is 0.150 e. The van der Waals surface area contributed by atoms with Gasteiger partial charge in [-0.15, -0.1) is 0 Å². The standard InChI is InChI=1S/C61H36N2O6/c62-35-53-57(66-47-25-15-39(37-64)16-26-47)11-5-13-59(53)68-49-29-21-41-31-45(23-19-43(41)33-49)61(55-9-3-1-7-51(55)52-8-2-4-10-56(52)61)46-24-20-44-34-50(30-22-42(44)32-46)69-60-14-6-12-58(54(60)36-63)67-48-27-17-40(38-65)18-28-48/h1-34,37-38H. The topological polar surface area (TPSA) is 119 Å². The van der Waals surface area contributed by atoms with Gasteiger partial charge in [0.2, 0.25) is 0 Å². The third-order valence-electron chi connectivity index (χ3n) is 12.6. The molecule has 0 unspecified atom stereocenters. The number of carbonyl (C=O) groups is 2. The van der Waals surface area contributed by atoms with Crippen LogP contribution in [0.15, 0.2) is 206 Å². The summed E-state index contributed by atoms with van der Waals surface area (Å²) in [5, 5.41) is 24.4. The third kappa shape index (κ3) is 7.55. The van der Waals surface area contributed by atoms with E-state index in [0.29, 0.717) is 57.1 Å². The maximum absolute atomic E-state index is 11.1. The number of nitrogens with zero attached hydrogens (tertiary/aromatic N) is 2. The fraction of sp³-hybridized carbons (Fsp3) is 0.0164. The Morgan fingerprint density at radius 3 is 1.10 bits per heavy atom. The van der Waals surface area contributed by atoms with E-state index in [0.717, 1.165) is 45.2 Å². The second-order valence-electron chi connectivity index (χ2n) is 16.6. The van der Waals surface area contributed by atoms with Gasteiger partial charge in [-0.25, -0.2) is 0 Å². The monoisotopic (exact) mass is 892 g/mol. The highest BCUT2D eigenvalue weighted by atomic mass is 16.5.